The Hall–Kier alpha value is -1.06. The van der Waals surface area contributed by atoms with Gasteiger partial charge in [0.05, 0.1) is 0 Å². The van der Waals surface area contributed by atoms with Crippen LogP contribution in [-0.4, -0.2) is 23.9 Å². The van der Waals surface area contributed by atoms with Crippen LogP contribution in [0, 0.1) is 0 Å². The zero-order valence-electron chi connectivity index (χ0n) is 9.39. The molecule has 0 radical (unpaired) electrons. The van der Waals surface area contributed by atoms with Gasteiger partial charge in [0.1, 0.15) is 0 Å². The highest BCUT2D eigenvalue weighted by Gasteiger charge is 2.16. The van der Waals surface area contributed by atoms with Crippen molar-refractivity contribution in [1.82, 2.24) is 10.6 Å². The van der Waals surface area contributed by atoms with Crippen molar-refractivity contribution in [1.29, 1.82) is 0 Å². The van der Waals surface area contributed by atoms with Gasteiger partial charge in [-0.15, -0.1) is 0 Å². The number of carbonyl (C=O) groups excluding carboxylic acids is 2. The minimum atomic E-state index is -0.542. The summed E-state index contributed by atoms with van der Waals surface area (Å²) in [7, 11) is 0. The fourth-order valence-electron chi connectivity index (χ4n) is 0.783. The first-order valence-electron chi connectivity index (χ1n) is 5.12. The van der Waals surface area contributed by atoms with Crippen LogP contribution in [0.15, 0.2) is 0 Å². The number of carbonyl (C=O) groups is 2. The van der Waals surface area contributed by atoms with Crippen molar-refractivity contribution < 1.29 is 9.59 Å². The summed E-state index contributed by atoms with van der Waals surface area (Å²) in [5.74, 6) is -1.08. The van der Waals surface area contributed by atoms with Crippen LogP contribution in [0.3, 0.4) is 0 Å². The molecule has 82 valence electrons. The van der Waals surface area contributed by atoms with Gasteiger partial charge in [-0.25, -0.2) is 0 Å². The van der Waals surface area contributed by atoms with Crippen molar-refractivity contribution in [3.05, 3.63) is 0 Å². The molecule has 4 nitrogen and oxygen atoms in total. The molecule has 0 bridgehead atoms. The van der Waals surface area contributed by atoms with Gasteiger partial charge >= 0.3 is 11.8 Å². The molecule has 0 aromatic carbocycles. The fraction of sp³-hybridized carbons (Fsp3) is 0.800. The lowest BCUT2D eigenvalue weighted by molar-refractivity contribution is -0.140. The van der Waals surface area contributed by atoms with Crippen molar-refractivity contribution >= 4 is 11.8 Å². The highest BCUT2D eigenvalue weighted by molar-refractivity contribution is 6.35. The van der Waals surface area contributed by atoms with E-state index in [0.29, 0.717) is 0 Å². The van der Waals surface area contributed by atoms with E-state index in [2.05, 4.69) is 10.6 Å². The van der Waals surface area contributed by atoms with E-state index in [9.17, 15) is 9.59 Å². The molecule has 2 N–H and O–H groups in total. The molecule has 14 heavy (non-hydrogen) atoms. The Balaban J connectivity index is 3.94. The molecule has 0 spiro atoms. The smallest absolute Gasteiger partial charge is 0.309 e. The summed E-state index contributed by atoms with van der Waals surface area (Å²) in [6.07, 6.45) is 1.64. The second-order valence-electron chi connectivity index (χ2n) is 3.57. The third kappa shape index (κ3) is 4.84. The Morgan fingerprint density at radius 3 is 1.43 bits per heavy atom. The number of amides is 2. The molecule has 0 aliphatic carbocycles. The first-order valence-corrected chi connectivity index (χ1v) is 5.12. The fourth-order valence-corrected chi connectivity index (χ4v) is 0.783. The zero-order chi connectivity index (χ0) is 11.1. The first kappa shape index (κ1) is 12.9. The van der Waals surface area contributed by atoms with Crippen molar-refractivity contribution in [3.63, 3.8) is 0 Å². The van der Waals surface area contributed by atoms with Gasteiger partial charge in [-0.2, -0.15) is 0 Å². The second-order valence-corrected chi connectivity index (χ2v) is 3.57. The normalized spacial score (nSPS) is 14.3. The van der Waals surface area contributed by atoms with Crippen molar-refractivity contribution in [2.75, 3.05) is 0 Å². The molecule has 0 aromatic heterocycles. The summed E-state index contributed by atoms with van der Waals surface area (Å²) in [5, 5.41) is 5.22. The van der Waals surface area contributed by atoms with Crippen LogP contribution in [0.2, 0.25) is 0 Å². The lowest BCUT2D eigenvalue weighted by atomic mass is 10.2. The predicted octanol–water partition coefficient (Wildman–Crippen LogP) is 0.816. The Kier molecular flexibility index (Phi) is 5.92. The Morgan fingerprint density at radius 1 is 0.929 bits per heavy atom. The predicted molar refractivity (Wildman–Crippen MR) is 55.8 cm³/mol. The van der Waals surface area contributed by atoms with E-state index in [4.69, 9.17) is 0 Å². The van der Waals surface area contributed by atoms with Crippen LogP contribution >= 0.6 is 0 Å². The first-order chi connectivity index (χ1) is 6.51. The van der Waals surface area contributed by atoms with Gasteiger partial charge in [-0.1, -0.05) is 13.8 Å². The highest BCUT2D eigenvalue weighted by Crippen LogP contribution is 1.90. The van der Waals surface area contributed by atoms with E-state index in [-0.39, 0.29) is 12.1 Å². The third-order valence-electron chi connectivity index (χ3n) is 2.19. The van der Waals surface area contributed by atoms with Crippen LogP contribution in [0.5, 0.6) is 0 Å². The number of hydrogen-bond donors (Lipinski definition) is 2. The number of nitrogens with one attached hydrogen (secondary N) is 2. The van der Waals surface area contributed by atoms with E-state index < -0.39 is 11.8 Å². The standard InChI is InChI=1S/C10H20N2O2/c1-5-7(3)11-9(13)10(14)12-8(4)6-2/h7-8H,5-6H2,1-4H3,(H,11,13)(H,12,14)/t7-,8-/m1/s1. The van der Waals surface area contributed by atoms with E-state index in [1.54, 1.807) is 0 Å². The summed E-state index contributed by atoms with van der Waals surface area (Å²) in [6, 6.07) is 0.0929. The van der Waals surface area contributed by atoms with Gasteiger partial charge in [-0.05, 0) is 26.7 Å². The molecule has 0 saturated heterocycles. The molecule has 4 heteroatoms. The maximum Gasteiger partial charge on any atom is 0.309 e. The van der Waals surface area contributed by atoms with E-state index in [1.165, 1.54) is 0 Å². The molecule has 0 fully saturated rings. The Morgan fingerprint density at radius 2 is 1.21 bits per heavy atom. The quantitative estimate of drug-likeness (QED) is 0.660. The molecular weight excluding hydrogens is 180 g/mol. The molecule has 0 aromatic rings. The molecule has 2 amide bonds. The molecule has 0 saturated carbocycles. The molecule has 0 aliphatic heterocycles. The number of rotatable bonds is 4. The van der Waals surface area contributed by atoms with Crippen LogP contribution in [0.1, 0.15) is 40.5 Å². The average molecular weight is 200 g/mol. The summed E-state index contributed by atoms with van der Waals surface area (Å²) in [6.45, 7) is 7.65. The van der Waals surface area contributed by atoms with Crippen LogP contribution < -0.4 is 10.6 Å². The van der Waals surface area contributed by atoms with Gasteiger partial charge in [-0.3, -0.25) is 9.59 Å². The van der Waals surface area contributed by atoms with E-state index in [1.807, 2.05) is 27.7 Å². The molecule has 2 atom stereocenters. The van der Waals surface area contributed by atoms with Gasteiger partial charge in [0.25, 0.3) is 0 Å². The van der Waals surface area contributed by atoms with Crippen molar-refractivity contribution in [2.45, 2.75) is 52.6 Å². The molecule has 0 aliphatic rings. The molecule has 0 unspecified atom stereocenters. The van der Waals surface area contributed by atoms with Gasteiger partial charge < -0.3 is 10.6 Å². The van der Waals surface area contributed by atoms with Gasteiger partial charge in [0.2, 0.25) is 0 Å². The summed E-state index contributed by atoms with van der Waals surface area (Å²) in [4.78, 5) is 22.5. The lowest BCUT2D eigenvalue weighted by Gasteiger charge is -2.13. The van der Waals surface area contributed by atoms with Gasteiger partial charge in [0.15, 0.2) is 0 Å². The lowest BCUT2D eigenvalue weighted by Crippen LogP contribution is -2.46. The largest absolute Gasteiger partial charge is 0.345 e. The Labute approximate surface area is 85.4 Å². The third-order valence-corrected chi connectivity index (χ3v) is 2.19. The zero-order valence-corrected chi connectivity index (χ0v) is 9.39. The molecule has 0 rings (SSSR count). The summed E-state index contributed by atoms with van der Waals surface area (Å²) in [5.41, 5.74) is 0. The molecule has 0 heterocycles. The van der Waals surface area contributed by atoms with Crippen LogP contribution in [-0.2, 0) is 9.59 Å². The van der Waals surface area contributed by atoms with Gasteiger partial charge in [0, 0.05) is 12.1 Å². The van der Waals surface area contributed by atoms with E-state index in [0.717, 1.165) is 12.8 Å². The average Bonchev–Trinajstić information content (AvgIpc) is 2.17. The van der Waals surface area contributed by atoms with Crippen LogP contribution in [0.4, 0.5) is 0 Å². The van der Waals surface area contributed by atoms with Crippen molar-refractivity contribution in [2.24, 2.45) is 0 Å². The van der Waals surface area contributed by atoms with E-state index >= 15 is 0 Å². The number of hydrogen-bond acceptors (Lipinski definition) is 2. The monoisotopic (exact) mass is 200 g/mol. The maximum atomic E-state index is 11.2. The minimum absolute atomic E-state index is 0.0465. The topological polar surface area (TPSA) is 58.2 Å². The van der Waals surface area contributed by atoms with Crippen LogP contribution in [0.25, 0.3) is 0 Å². The van der Waals surface area contributed by atoms with Crippen molar-refractivity contribution in [3.8, 4) is 0 Å². The SMILES string of the molecule is CC[C@@H](C)NC(=O)C(=O)N[C@H](C)CC. The minimum Gasteiger partial charge on any atom is -0.345 e. The highest BCUT2D eigenvalue weighted by atomic mass is 16.2. The summed E-state index contributed by atoms with van der Waals surface area (Å²) < 4.78 is 0. The second kappa shape index (κ2) is 6.40. The summed E-state index contributed by atoms with van der Waals surface area (Å²) >= 11 is 0. The molecular formula is C10H20N2O2. The Bertz CT molecular complexity index is 182. The maximum absolute atomic E-state index is 11.2.